The molecule has 0 heterocycles. The van der Waals surface area contributed by atoms with Crippen LogP contribution in [0.2, 0.25) is 0 Å². The SMILES string of the molecule is CCCc1cc(CCC)c(OCOC(=O)C(C)(C)C)c(C=CC(=O)c2ccc(OCOC(=O)C(C)(C)C)cc2)c1OCC. The highest BCUT2D eigenvalue weighted by Gasteiger charge is 2.25. The summed E-state index contributed by atoms with van der Waals surface area (Å²) in [5.41, 5.74) is 1.80. The Morgan fingerprint density at radius 3 is 1.65 bits per heavy atom. The van der Waals surface area contributed by atoms with Gasteiger partial charge in [0, 0.05) is 5.56 Å². The standard InChI is InChI=1S/C35H48O8/c1-10-13-25-21-26(14-11-2)31(41-23-43-33(38)35(7,8)9)28(30(25)39-12-3)19-20-29(36)24-15-17-27(18-16-24)40-22-42-32(37)34(4,5)6/h15-21H,10-14,22-23H2,1-9H3. The molecular weight excluding hydrogens is 548 g/mol. The summed E-state index contributed by atoms with van der Waals surface area (Å²) in [5.74, 6) is 0.693. The second kappa shape index (κ2) is 16.1. The van der Waals surface area contributed by atoms with Gasteiger partial charge in [-0.25, -0.2) is 0 Å². The van der Waals surface area contributed by atoms with Crippen LogP contribution in [0.3, 0.4) is 0 Å². The highest BCUT2D eigenvalue weighted by molar-refractivity contribution is 6.07. The molecule has 2 rings (SSSR count). The average molecular weight is 597 g/mol. The van der Waals surface area contributed by atoms with Crippen molar-refractivity contribution < 1.29 is 38.1 Å². The second-order valence-corrected chi connectivity index (χ2v) is 12.3. The lowest BCUT2D eigenvalue weighted by atomic mass is 9.96. The Bertz CT molecular complexity index is 1260. The molecule has 0 aliphatic rings. The van der Waals surface area contributed by atoms with Gasteiger partial charge in [0.25, 0.3) is 0 Å². The molecule has 0 saturated heterocycles. The first-order valence-electron chi connectivity index (χ1n) is 15.0. The minimum absolute atomic E-state index is 0.217. The summed E-state index contributed by atoms with van der Waals surface area (Å²) in [4.78, 5) is 37.5. The van der Waals surface area contributed by atoms with Crippen LogP contribution >= 0.6 is 0 Å². The van der Waals surface area contributed by atoms with Gasteiger partial charge in [-0.1, -0.05) is 26.7 Å². The van der Waals surface area contributed by atoms with Crippen molar-refractivity contribution in [3.63, 3.8) is 0 Å². The van der Waals surface area contributed by atoms with E-state index in [1.54, 1.807) is 71.9 Å². The highest BCUT2D eigenvalue weighted by atomic mass is 16.7. The van der Waals surface area contributed by atoms with Crippen molar-refractivity contribution >= 4 is 23.8 Å². The molecule has 0 spiro atoms. The summed E-state index contributed by atoms with van der Waals surface area (Å²) in [6.45, 7) is 16.7. The van der Waals surface area contributed by atoms with Gasteiger partial charge < -0.3 is 23.7 Å². The molecule has 8 heteroatoms. The van der Waals surface area contributed by atoms with Crippen molar-refractivity contribution in [2.75, 3.05) is 20.2 Å². The minimum atomic E-state index is -0.663. The van der Waals surface area contributed by atoms with Crippen LogP contribution in [0.1, 0.15) is 102 Å². The van der Waals surface area contributed by atoms with Crippen LogP contribution in [-0.4, -0.2) is 37.9 Å². The minimum Gasteiger partial charge on any atom is -0.493 e. The zero-order chi connectivity index (χ0) is 32.2. The summed E-state index contributed by atoms with van der Waals surface area (Å²) < 4.78 is 28.2. The molecule has 0 unspecified atom stereocenters. The van der Waals surface area contributed by atoms with E-state index in [2.05, 4.69) is 19.9 Å². The van der Waals surface area contributed by atoms with Crippen molar-refractivity contribution in [1.29, 1.82) is 0 Å². The largest absolute Gasteiger partial charge is 0.493 e. The molecule has 2 aromatic rings. The van der Waals surface area contributed by atoms with E-state index in [1.165, 1.54) is 6.08 Å². The number of rotatable bonds is 15. The molecule has 0 aliphatic heterocycles. The van der Waals surface area contributed by atoms with Gasteiger partial charge in [-0.2, -0.15) is 0 Å². The summed E-state index contributed by atoms with van der Waals surface area (Å²) in [5, 5.41) is 0. The Morgan fingerprint density at radius 2 is 1.19 bits per heavy atom. The van der Waals surface area contributed by atoms with E-state index < -0.39 is 10.8 Å². The number of aryl methyl sites for hydroxylation is 2. The Balaban J connectivity index is 2.37. The van der Waals surface area contributed by atoms with E-state index in [0.29, 0.717) is 35.0 Å². The molecule has 0 atom stereocenters. The van der Waals surface area contributed by atoms with Gasteiger partial charge in [0.05, 0.1) is 23.0 Å². The predicted octanol–water partition coefficient (Wildman–Crippen LogP) is 7.74. The van der Waals surface area contributed by atoms with E-state index in [1.807, 2.05) is 6.92 Å². The topological polar surface area (TPSA) is 97.4 Å². The number of benzene rings is 2. The Kier molecular flexibility index (Phi) is 13.3. The molecule has 0 N–H and O–H groups in total. The van der Waals surface area contributed by atoms with Crippen molar-refractivity contribution in [1.82, 2.24) is 0 Å². The normalized spacial score (nSPS) is 11.7. The maximum atomic E-state index is 13.2. The molecule has 43 heavy (non-hydrogen) atoms. The molecule has 0 saturated carbocycles. The molecule has 0 amide bonds. The summed E-state index contributed by atoms with van der Waals surface area (Å²) in [6.07, 6.45) is 6.53. The van der Waals surface area contributed by atoms with Crippen molar-refractivity contribution in [2.45, 2.75) is 88.0 Å². The lowest BCUT2D eigenvalue weighted by Crippen LogP contribution is -2.25. The Morgan fingerprint density at radius 1 is 0.698 bits per heavy atom. The molecule has 236 valence electrons. The number of esters is 2. The molecule has 0 radical (unpaired) electrons. The van der Waals surface area contributed by atoms with Crippen molar-refractivity contribution in [3.8, 4) is 17.2 Å². The zero-order valence-electron chi connectivity index (χ0n) is 27.3. The van der Waals surface area contributed by atoms with E-state index in [0.717, 1.165) is 36.8 Å². The summed E-state index contributed by atoms with van der Waals surface area (Å²) >= 11 is 0. The monoisotopic (exact) mass is 596 g/mol. The van der Waals surface area contributed by atoms with Crippen LogP contribution < -0.4 is 14.2 Å². The molecule has 0 bridgehead atoms. The maximum absolute atomic E-state index is 13.2. The third-order valence-corrected chi connectivity index (χ3v) is 6.32. The van der Waals surface area contributed by atoms with Crippen molar-refractivity contribution in [3.05, 3.63) is 58.7 Å². The molecular formula is C35H48O8. The van der Waals surface area contributed by atoms with Gasteiger partial charge in [-0.3, -0.25) is 14.4 Å². The maximum Gasteiger partial charge on any atom is 0.314 e. The van der Waals surface area contributed by atoms with E-state index in [4.69, 9.17) is 23.7 Å². The van der Waals surface area contributed by atoms with Crippen LogP contribution in [0, 0.1) is 10.8 Å². The number of carbonyl (C=O) groups is 3. The number of hydrogen-bond donors (Lipinski definition) is 0. The van der Waals surface area contributed by atoms with Gasteiger partial charge in [0.2, 0.25) is 13.6 Å². The van der Waals surface area contributed by atoms with Crippen LogP contribution in [0.4, 0.5) is 0 Å². The Hall–Kier alpha value is -3.81. The second-order valence-electron chi connectivity index (χ2n) is 12.3. The van der Waals surface area contributed by atoms with Gasteiger partial charge in [0.15, 0.2) is 5.78 Å². The third kappa shape index (κ3) is 10.8. The van der Waals surface area contributed by atoms with Gasteiger partial charge >= 0.3 is 11.9 Å². The summed E-state index contributed by atoms with van der Waals surface area (Å²) in [6, 6.07) is 8.69. The smallest absolute Gasteiger partial charge is 0.314 e. The average Bonchev–Trinajstić information content (AvgIpc) is 2.93. The number of ether oxygens (including phenoxy) is 5. The molecule has 2 aromatic carbocycles. The van der Waals surface area contributed by atoms with Gasteiger partial charge in [0.1, 0.15) is 17.2 Å². The molecule has 0 aliphatic carbocycles. The Labute approximate surface area is 256 Å². The van der Waals surface area contributed by atoms with Gasteiger partial charge in [-0.15, -0.1) is 0 Å². The van der Waals surface area contributed by atoms with Crippen LogP contribution in [0.15, 0.2) is 36.4 Å². The molecule has 0 aromatic heterocycles. The fourth-order valence-corrected chi connectivity index (χ4v) is 4.03. The number of carbonyl (C=O) groups excluding carboxylic acids is 3. The lowest BCUT2D eigenvalue weighted by molar-refractivity contribution is -0.160. The predicted molar refractivity (Wildman–Crippen MR) is 167 cm³/mol. The fourth-order valence-electron chi connectivity index (χ4n) is 4.03. The van der Waals surface area contributed by atoms with Crippen LogP contribution in [0.5, 0.6) is 17.2 Å². The highest BCUT2D eigenvalue weighted by Crippen LogP contribution is 2.39. The first kappa shape index (κ1) is 35.4. The van der Waals surface area contributed by atoms with Gasteiger partial charge in [-0.05, 0) is 115 Å². The van der Waals surface area contributed by atoms with E-state index in [9.17, 15) is 14.4 Å². The van der Waals surface area contributed by atoms with E-state index in [-0.39, 0.29) is 31.3 Å². The first-order valence-corrected chi connectivity index (χ1v) is 15.0. The number of allylic oxidation sites excluding steroid dienone is 1. The lowest BCUT2D eigenvalue weighted by Gasteiger charge is -2.22. The zero-order valence-corrected chi connectivity index (χ0v) is 27.3. The quantitative estimate of drug-likeness (QED) is 0.0891. The number of ketones is 1. The van der Waals surface area contributed by atoms with Crippen molar-refractivity contribution in [2.24, 2.45) is 10.8 Å². The van der Waals surface area contributed by atoms with Crippen LogP contribution in [0.25, 0.3) is 6.08 Å². The van der Waals surface area contributed by atoms with Crippen LogP contribution in [-0.2, 0) is 31.9 Å². The third-order valence-electron chi connectivity index (χ3n) is 6.32. The fraction of sp³-hybridized carbons (Fsp3) is 0.514. The summed E-state index contributed by atoms with van der Waals surface area (Å²) in [7, 11) is 0. The molecule has 0 fully saturated rings. The number of hydrogen-bond acceptors (Lipinski definition) is 8. The van der Waals surface area contributed by atoms with E-state index >= 15 is 0 Å². The first-order chi connectivity index (χ1) is 20.2. The molecule has 8 nitrogen and oxygen atoms in total.